The molecule has 1 N–H and O–H groups in total. The fourth-order valence-electron chi connectivity index (χ4n) is 2.36. The van der Waals surface area contributed by atoms with Crippen LogP contribution in [0.25, 0.3) is 0 Å². The van der Waals surface area contributed by atoms with E-state index in [9.17, 15) is 9.18 Å². The van der Waals surface area contributed by atoms with Gasteiger partial charge >= 0.3 is 0 Å². The lowest BCUT2D eigenvalue weighted by Gasteiger charge is -2.05. The monoisotopic (exact) mass is 402 g/mol. The Morgan fingerprint density at radius 2 is 2.00 bits per heavy atom. The van der Waals surface area contributed by atoms with E-state index in [1.54, 1.807) is 19.2 Å². The molecular formula is C20H19FN2O2S2. The summed E-state index contributed by atoms with van der Waals surface area (Å²) < 4.78 is 19.6. The summed E-state index contributed by atoms with van der Waals surface area (Å²) >= 11 is 2.94. The average Bonchev–Trinajstić information content (AvgIpc) is 3.13. The summed E-state index contributed by atoms with van der Waals surface area (Å²) in [6.45, 7) is 0.460. The van der Waals surface area contributed by atoms with Gasteiger partial charge in [0, 0.05) is 17.7 Å². The van der Waals surface area contributed by atoms with Crippen LogP contribution in [-0.2, 0) is 23.5 Å². The van der Waals surface area contributed by atoms with Gasteiger partial charge in [0.1, 0.15) is 15.9 Å². The molecule has 27 heavy (non-hydrogen) atoms. The van der Waals surface area contributed by atoms with E-state index in [0.717, 1.165) is 21.3 Å². The van der Waals surface area contributed by atoms with Gasteiger partial charge in [-0.25, -0.2) is 9.37 Å². The highest BCUT2D eigenvalue weighted by molar-refractivity contribution is 8.00. The smallest absolute Gasteiger partial charge is 0.226 e. The maximum atomic E-state index is 13.6. The van der Waals surface area contributed by atoms with Gasteiger partial charge in [-0.2, -0.15) is 0 Å². The van der Waals surface area contributed by atoms with E-state index in [4.69, 9.17) is 4.74 Å². The Morgan fingerprint density at radius 3 is 2.74 bits per heavy atom. The predicted octanol–water partition coefficient (Wildman–Crippen LogP) is 4.44. The minimum absolute atomic E-state index is 0.0817. The molecule has 3 aromatic rings. The number of ether oxygens (including phenoxy) is 1. The Kier molecular flexibility index (Phi) is 6.84. The van der Waals surface area contributed by atoms with Gasteiger partial charge in [-0.15, -0.1) is 11.3 Å². The van der Waals surface area contributed by atoms with Crippen LogP contribution in [0.5, 0.6) is 5.75 Å². The first-order valence-corrected chi connectivity index (χ1v) is 10.2. The Balaban J connectivity index is 1.46. The quantitative estimate of drug-likeness (QED) is 0.566. The lowest BCUT2D eigenvalue weighted by atomic mass is 10.2. The summed E-state index contributed by atoms with van der Waals surface area (Å²) in [5.74, 6) is 1.01. The summed E-state index contributed by atoms with van der Waals surface area (Å²) in [5, 5.41) is 4.76. The molecule has 0 bridgehead atoms. The zero-order chi connectivity index (χ0) is 19.1. The summed E-state index contributed by atoms with van der Waals surface area (Å²) in [6, 6.07) is 14.3. The van der Waals surface area contributed by atoms with E-state index >= 15 is 0 Å². The molecule has 0 fully saturated rings. The highest BCUT2D eigenvalue weighted by atomic mass is 32.2. The van der Waals surface area contributed by atoms with Crippen molar-refractivity contribution in [3.05, 3.63) is 76.5 Å². The molecular weight excluding hydrogens is 383 g/mol. The van der Waals surface area contributed by atoms with Gasteiger partial charge < -0.3 is 10.1 Å². The first-order chi connectivity index (χ1) is 13.1. The third kappa shape index (κ3) is 5.80. The minimum atomic E-state index is -0.209. The molecule has 0 radical (unpaired) electrons. The molecule has 0 aliphatic carbocycles. The Morgan fingerprint density at radius 1 is 1.22 bits per heavy atom. The molecule has 3 rings (SSSR count). The third-order valence-corrected chi connectivity index (χ3v) is 5.95. The van der Waals surface area contributed by atoms with Crippen LogP contribution < -0.4 is 10.1 Å². The molecule has 140 valence electrons. The second-order valence-electron chi connectivity index (χ2n) is 5.79. The molecule has 1 heterocycles. The number of carbonyl (C=O) groups excluding carboxylic acids is 1. The lowest BCUT2D eigenvalue weighted by molar-refractivity contribution is -0.120. The van der Waals surface area contributed by atoms with Crippen LogP contribution in [0.15, 0.2) is 58.3 Å². The van der Waals surface area contributed by atoms with Crippen molar-refractivity contribution in [3.63, 3.8) is 0 Å². The largest absolute Gasteiger partial charge is 0.497 e. The van der Waals surface area contributed by atoms with Crippen molar-refractivity contribution in [2.24, 2.45) is 0 Å². The second kappa shape index (κ2) is 9.53. The van der Waals surface area contributed by atoms with E-state index < -0.39 is 0 Å². The van der Waals surface area contributed by atoms with Crippen molar-refractivity contribution < 1.29 is 13.9 Å². The zero-order valence-electron chi connectivity index (χ0n) is 14.8. The number of rotatable bonds is 8. The number of amides is 1. The van der Waals surface area contributed by atoms with Crippen LogP contribution in [0, 0.1) is 5.82 Å². The maximum absolute atomic E-state index is 13.6. The Labute approximate surface area is 165 Å². The zero-order valence-corrected chi connectivity index (χ0v) is 16.4. The van der Waals surface area contributed by atoms with E-state index in [1.807, 2.05) is 35.7 Å². The van der Waals surface area contributed by atoms with Gasteiger partial charge in [0.15, 0.2) is 0 Å². The molecule has 7 heteroatoms. The highest BCUT2D eigenvalue weighted by Crippen LogP contribution is 2.27. The number of nitrogens with one attached hydrogen (secondary N) is 1. The summed E-state index contributed by atoms with van der Waals surface area (Å²) in [5.41, 5.74) is 2.38. The van der Waals surface area contributed by atoms with Gasteiger partial charge in [0.05, 0.1) is 19.2 Å². The van der Waals surface area contributed by atoms with Crippen molar-refractivity contribution in [2.45, 2.75) is 23.1 Å². The van der Waals surface area contributed by atoms with Crippen molar-refractivity contribution >= 4 is 29.0 Å². The van der Waals surface area contributed by atoms with Crippen LogP contribution in [0.1, 0.15) is 16.8 Å². The minimum Gasteiger partial charge on any atom is -0.497 e. The number of benzene rings is 2. The summed E-state index contributed by atoms with van der Waals surface area (Å²) in [6.07, 6.45) is 0.229. The topological polar surface area (TPSA) is 51.2 Å². The van der Waals surface area contributed by atoms with Crippen LogP contribution in [-0.4, -0.2) is 18.0 Å². The Bertz CT molecular complexity index is 897. The molecule has 1 amide bonds. The molecule has 1 aromatic heterocycles. The molecule has 0 spiro atoms. The van der Waals surface area contributed by atoms with E-state index in [-0.39, 0.29) is 18.1 Å². The van der Waals surface area contributed by atoms with Crippen molar-refractivity contribution in [1.29, 1.82) is 0 Å². The van der Waals surface area contributed by atoms with Gasteiger partial charge in [-0.1, -0.05) is 42.1 Å². The van der Waals surface area contributed by atoms with Gasteiger partial charge in [-0.3, -0.25) is 4.79 Å². The molecule has 0 aliphatic heterocycles. The summed E-state index contributed by atoms with van der Waals surface area (Å²) in [7, 11) is 1.62. The average molecular weight is 403 g/mol. The lowest BCUT2D eigenvalue weighted by Crippen LogP contribution is -2.24. The van der Waals surface area contributed by atoms with Crippen LogP contribution in [0.2, 0.25) is 0 Å². The maximum Gasteiger partial charge on any atom is 0.226 e. The molecule has 0 saturated carbocycles. The Hall–Kier alpha value is -2.38. The third-order valence-electron chi connectivity index (χ3n) is 3.83. The van der Waals surface area contributed by atoms with Crippen LogP contribution >= 0.6 is 23.1 Å². The number of thiazole rings is 1. The highest BCUT2D eigenvalue weighted by Gasteiger charge is 2.09. The van der Waals surface area contributed by atoms with Gasteiger partial charge in [0.25, 0.3) is 0 Å². The fourth-order valence-corrected chi connectivity index (χ4v) is 4.19. The van der Waals surface area contributed by atoms with Crippen molar-refractivity contribution in [2.75, 3.05) is 7.11 Å². The van der Waals surface area contributed by atoms with Crippen LogP contribution in [0.4, 0.5) is 4.39 Å². The fraction of sp³-hybridized carbons (Fsp3) is 0.200. The normalized spacial score (nSPS) is 10.6. The number of hydrogen-bond acceptors (Lipinski definition) is 5. The number of aromatic nitrogens is 1. The molecule has 0 saturated heterocycles. The number of halogens is 1. The number of carbonyl (C=O) groups is 1. The molecule has 0 unspecified atom stereocenters. The number of hydrogen-bond donors (Lipinski definition) is 1. The number of thioether (sulfide) groups is 1. The first-order valence-electron chi connectivity index (χ1n) is 8.34. The van der Waals surface area contributed by atoms with Gasteiger partial charge in [0.2, 0.25) is 5.91 Å². The predicted molar refractivity (Wildman–Crippen MR) is 107 cm³/mol. The summed E-state index contributed by atoms with van der Waals surface area (Å²) in [4.78, 5) is 16.6. The molecule has 0 atom stereocenters. The van der Waals surface area contributed by atoms with E-state index in [0.29, 0.717) is 17.9 Å². The molecule has 0 aliphatic rings. The van der Waals surface area contributed by atoms with E-state index in [2.05, 4.69) is 10.3 Å². The second-order valence-corrected chi connectivity index (χ2v) is 7.87. The number of nitrogens with zero attached hydrogens (tertiary/aromatic N) is 1. The SMILES string of the molecule is COc1ccc(CNC(=O)Cc2csc(SCc3ccccc3F)n2)cc1. The molecule has 4 nitrogen and oxygen atoms in total. The molecule has 2 aromatic carbocycles. The van der Waals surface area contributed by atoms with Gasteiger partial charge in [-0.05, 0) is 29.3 Å². The van der Waals surface area contributed by atoms with Crippen molar-refractivity contribution in [1.82, 2.24) is 10.3 Å². The van der Waals surface area contributed by atoms with Crippen LogP contribution in [0.3, 0.4) is 0 Å². The standard InChI is InChI=1S/C20H19FN2O2S2/c1-25-17-8-6-14(7-9-17)11-22-19(24)10-16-13-27-20(23-16)26-12-15-4-2-3-5-18(15)21/h2-9,13H,10-12H2,1H3,(H,22,24). The van der Waals surface area contributed by atoms with Crippen molar-refractivity contribution in [3.8, 4) is 5.75 Å². The number of methoxy groups -OCH3 is 1. The first kappa shape index (κ1) is 19.4. The van der Waals surface area contributed by atoms with E-state index in [1.165, 1.54) is 29.2 Å².